The van der Waals surface area contributed by atoms with Gasteiger partial charge in [-0.15, -0.1) is 0 Å². The van der Waals surface area contributed by atoms with Crippen LogP contribution in [0, 0.1) is 6.92 Å². The molecule has 0 aliphatic heterocycles. The number of benzene rings is 3. The second-order valence-electron chi connectivity index (χ2n) is 8.69. The Labute approximate surface area is 205 Å². The van der Waals surface area contributed by atoms with Gasteiger partial charge >= 0.3 is 6.03 Å². The Morgan fingerprint density at radius 2 is 1.83 bits per heavy atom. The summed E-state index contributed by atoms with van der Waals surface area (Å²) in [5.74, 6) is 0.579. The lowest BCUT2D eigenvalue weighted by Crippen LogP contribution is -2.37. The predicted molar refractivity (Wildman–Crippen MR) is 141 cm³/mol. The summed E-state index contributed by atoms with van der Waals surface area (Å²) in [4.78, 5) is 30.9. The second-order valence-corrected chi connectivity index (χ2v) is 8.69. The number of fused-ring (bicyclic) bond motifs is 1. The Balaban J connectivity index is 1.63. The van der Waals surface area contributed by atoms with Gasteiger partial charge < -0.3 is 19.9 Å². The Morgan fingerprint density at radius 3 is 2.60 bits per heavy atom. The molecule has 1 heterocycles. The summed E-state index contributed by atoms with van der Waals surface area (Å²) in [6.45, 7) is 4.79. The van der Waals surface area contributed by atoms with Gasteiger partial charge in [0.2, 0.25) is 0 Å². The molecule has 0 aliphatic rings. The van der Waals surface area contributed by atoms with E-state index in [2.05, 4.69) is 48.4 Å². The minimum atomic E-state index is -0.288. The van der Waals surface area contributed by atoms with Gasteiger partial charge in [-0.05, 0) is 66.6 Å². The zero-order valence-corrected chi connectivity index (χ0v) is 20.4. The number of aryl methyl sites for hydroxylation is 2. The lowest BCUT2D eigenvalue weighted by Gasteiger charge is -2.24. The molecule has 0 bridgehead atoms. The number of amides is 2. The summed E-state index contributed by atoms with van der Waals surface area (Å²) < 4.78 is 5.39. The monoisotopic (exact) mass is 469 g/mol. The third-order valence-corrected chi connectivity index (χ3v) is 6.14. The number of urea groups is 1. The summed E-state index contributed by atoms with van der Waals surface area (Å²) in [6, 6.07) is 23.2. The number of aromatic amines is 1. The quantitative estimate of drug-likeness (QED) is 0.348. The zero-order valence-electron chi connectivity index (χ0n) is 20.4. The summed E-state index contributed by atoms with van der Waals surface area (Å²) in [5.41, 5.74) is 5.24. The van der Waals surface area contributed by atoms with Crippen molar-refractivity contribution < 1.29 is 9.53 Å². The highest BCUT2D eigenvalue weighted by atomic mass is 16.5. The fraction of sp³-hybridized carbons (Fsp3) is 0.241. The van der Waals surface area contributed by atoms with E-state index < -0.39 is 0 Å². The lowest BCUT2D eigenvalue weighted by molar-refractivity contribution is 0.209. The van der Waals surface area contributed by atoms with Gasteiger partial charge in [-0.25, -0.2) is 4.79 Å². The minimum absolute atomic E-state index is 0.188. The largest absolute Gasteiger partial charge is 0.495 e. The highest BCUT2D eigenvalue weighted by Crippen LogP contribution is 2.24. The fourth-order valence-electron chi connectivity index (χ4n) is 4.17. The van der Waals surface area contributed by atoms with Gasteiger partial charge in [-0.2, -0.15) is 0 Å². The summed E-state index contributed by atoms with van der Waals surface area (Å²) in [5, 5.41) is 3.91. The molecular weight excluding hydrogens is 438 g/mol. The number of nitrogens with zero attached hydrogens (tertiary/aromatic N) is 1. The highest BCUT2D eigenvalue weighted by molar-refractivity contribution is 5.91. The second kappa shape index (κ2) is 10.9. The topological polar surface area (TPSA) is 74.4 Å². The number of anilines is 1. The third kappa shape index (κ3) is 5.90. The summed E-state index contributed by atoms with van der Waals surface area (Å²) >= 11 is 0. The molecule has 6 heteroatoms. The molecule has 0 atom stereocenters. The third-order valence-electron chi connectivity index (χ3n) is 6.14. The van der Waals surface area contributed by atoms with E-state index in [-0.39, 0.29) is 18.1 Å². The van der Waals surface area contributed by atoms with Crippen molar-refractivity contribution >= 4 is 22.6 Å². The van der Waals surface area contributed by atoms with Crippen molar-refractivity contribution in [3.8, 4) is 5.75 Å². The zero-order chi connectivity index (χ0) is 24.8. The summed E-state index contributed by atoms with van der Waals surface area (Å²) in [7, 11) is 1.57. The molecule has 0 aliphatic carbocycles. The Hall–Kier alpha value is -4.06. The molecule has 0 saturated carbocycles. The van der Waals surface area contributed by atoms with Crippen molar-refractivity contribution in [3.63, 3.8) is 0 Å². The first-order chi connectivity index (χ1) is 17.0. The first-order valence-electron chi connectivity index (χ1n) is 11.9. The van der Waals surface area contributed by atoms with Gasteiger partial charge in [0, 0.05) is 17.6 Å². The molecular formula is C29H31N3O3. The number of methoxy groups -OCH3 is 1. The molecule has 35 heavy (non-hydrogen) atoms. The number of hydrogen-bond donors (Lipinski definition) is 2. The average molecular weight is 470 g/mol. The number of carbonyl (C=O) groups excluding carboxylic acids is 1. The van der Waals surface area contributed by atoms with Crippen LogP contribution in [-0.2, 0) is 19.4 Å². The Morgan fingerprint density at radius 1 is 1.00 bits per heavy atom. The molecule has 0 radical (unpaired) electrons. The van der Waals surface area contributed by atoms with Gasteiger partial charge in [0.15, 0.2) is 0 Å². The highest BCUT2D eigenvalue weighted by Gasteiger charge is 2.18. The summed E-state index contributed by atoms with van der Waals surface area (Å²) in [6.07, 6.45) is 1.58. The van der Waals surface area contributed by atoms with E-state index in [1.807, 2.05) is 36.4 Å². The molecule has 0 unspecified atom stereocenters. The van der Waals surface area contributed by atoms with Crippen LogP contribution in [-0.4, -0.2) is 29.6 Å². The number of para-hydroxylation sites is 2. The molecule has 4 rings (SSSR count). The molecule has 3 aromatic carbocycles. The number of rotatable bonds is 8. The molecule has 4 aromatic rings. The van der Waals surface area contributed by atoms with Crippen LogP contribution in [0.15, 0.2) is 77.6 Å². The van der Waals surface area contributed by atoms with Crippen molar-refractivity contribution in [2.24, 2.45) is 0 Å². The van der Waals surface area contributed by atoms with Crippen LogP contribution in [0.5, 0.6) is 5.75 Å². The lowest BCUT2D eigenvalue weighted by atomic mass is 10.1. The number of carbonyl (C=O) groups is 1. The van der Waals surface area contributed by atoms with E-state index >= 15 is 0 Å². The van der Waals surface area contributed by atoms with Crippen molar-refractivity contribution in [2.45, 2.75) is 33.2 Å². The maximum absolute atomic E-state index is 13.4. The van der Waals surface area contributed by atoms with Gasteiger partial charge in [0.05, 0.1) is 19.3 Å². The van der Waals surface area contributed by atoms with E-state index in [1.54, 1.807) is 24.1 Å². The average Bonchev–Trinajstić information content (AvgIpc) is 2.86. The standard InChI is InChI=1S/C29H31N3O3/c1-4-21-12-13-25-23(17-21)18-24(28(33)30-25)19-32(15-14-22-9-7-8-20(2)16-22)29(34)31-26-10-5-6-11-27(26)35-3/h5-13,16-18H,4,14-15,19H2,1-3H3,(H,30,33)(H,31,34). The molecule has 2 amide bonds. The molecule has 1 aromatic heterocycles. The van der Waals surface area contributed by atoms with Crippen LogP contribution in [0.3, 0.4) is 0 Å². The Kier molecular flexibility index (Phi) is 7.51. The molecule has 6 nitrogen and oxygen atoms in total. The van der Waals surface area contributed by atoms with Gasteiger partial charge in [-0.3, -0.25) is 4.79 Å². The maximum Gasteiger partial charge on any atom is 0.322 e. The number of hydrogen-bond acceptors (Lipinski definition) is 3. The number of ether oxygens (including phenoxy) is 1. The van der Waals surface area contributed by atoms with Crippen LogP contribution in [0.2, 0.25) is 0 Å². The van der Waals surface area contributed by atoms with E-state index in [0.717, 1.165) is 22.9 Å². The number of nitrogens with one attached hydrogen (secondary N) is 2. The maximum atomic E-state index is 13.4. The van der Waals surface area contributed by atoms with Crippen molar-refractivity contribution in [1.29, 1.82) is 0 Å². The van der Waals surface area contributed by atoms with E-state index in [0.29, 0.717) is 30.0 Å². The molecule has 0 spiro atoms. The number of pyridine rings is 1. The molecule has 0 saturated heterocycles. The van der Waals surface area contributed by atoms with Crippen LogP contribution < -0.4 is 15.6 Å². The van der Waals surface area contributed by atoms with Crippen molar-refractivity contribution in [2.75, 3.05) is 19.0 Å². The van der Waals surface area contributed by atoms with Crippen molar-refractivity contribution in [3.05, 3.63) is 105 Å². The SMILES string of the molecule is CCc1ccc2[nH]c(=O)c(CN(CCc3cccc(C)c3)C(=O)Nc3ccccc3OC)cc2c1. The van der Waals surface area contributed by atoms with Gasteiger partial charge in [0.1, 0.15) is 5.75 Å². The van der Waals surface area contributed by atoms with E-state index in [9.17, 15) is 9.59 Å². The Bertz CT molecular complexity index is 1390. The first-order valence-corrected chi connectivity index (χ1v) is 11.9. The van der Waals surface area contributed by atoms with Crippen LogP contribution >= 0.6 is 0 Å². The predicted octanol–water partition coefficient (Wildman–Crippen LogP) is 5.68. The first kappa shape index (κ1) is 24.1. The van der Waals surface area contributed by atoms with Crippen molar-refractivity contribution in [1.82, 2.24) is 9.88 Å². The fourth-order valence-corrected chi connectivity index (χ4v) is 4.17. The number of aromatic nitrogens is 1. The van der Waals surface area contributed by atoms with Crippen LogP contribution in [0.1, 0.15) is 29.2 Å². The van der Waals surface area contributed by atoms with Crippen LogP contribution in [0.4, 0.5) is 10.5 Å². The van der Waals surface area contributed by atoms with Gasteiger partial charge in [-0.1, -0.05) is 55.0 Å². The smallest absolute Gasteiger partial charge is 0.322 e. The minimum Gasteiger partial charge on any atom is -0.495 e. The van der Waals surface area contributed by atoms with E-state index in [4.69, 9.17) is 4.74 Å². The molecule has 180 valence electrons. The molecule has 2 N–H and O–H groups in total. The number of H-pyrrole nitrogens is 1. The van der Waals surface area contributed by atoms with Crippen LogP contribution in [0.25, 0.3) is 10.9 Å². The molecule has 0 fully saturated rings. The normalized spacial score (nSPS) is 10.8. The van der Waals surface area contributed by atoms with Gasteiger partial charge in [0.25, 0.3) is 5.56 Å². The van der Waals surface area contributed by atoms with E-state index in [1.165, 1.54) is 11.1 Å².